The van der Waals surface area contributed by atoms with Gasteiger partial charge in [0.2, 0.25) is 5.91 Å². The lowest BCUT2D eigenvalue weighted by atomic mass is 10.0. The van der Waals surface area contributed by atoms with E-state index in [0.717, 1.165) is 34.8 Å². The Labute approximate surface area is 202 Å². The maximum atomic E-state index is 12.5. The van der Waals surface area contributed by atoms with Gasteiger partial charge in [0.25, 0.3) is 0 Å². The van der Waals surface area contributed by atoms with Crippen LogP contribution < -0.4 is 10.8 Å². The van der Waals surface area contributed by atoms with Crippen LogP contribution >= 0.6 is 22.9 Å². The van der Waals surface area contributed by atoms with Gasteiger partial charge in [-0.15, -0.1) is 11.3 Å². The van der Waals surface area contributed by atoms with E-state index in [0.29, 0.717) is 29.2 Å². The van der Waals surface area contributed by atoms with Crippen molar-refractivity contribution < 1.29 is 4.79 Å². The highest BCUT2D eigenvalue weighted by atomic mass is 35.5. The number of nitrogens with zero attached hydrogens (tertiary/aromatic N) is 4. The molecule has 4 heterocycles. The van der Waals surface area contributed by atoms with Gasteiger partial charge in [-0.05, 0) is 41.9 Å². The quantitative estimate of drug-likeness (QED) is 0.351. The summed E-state index contributed by atoms with van der Waals surface area (Å²) in [6, 6.07) is 13.7. The van der Waals surface area contributed by atoms with Gasteiger partial charge in [-0.25, -0.2) is 4.98 Å². The number of hydrogen-bond acceptors (Lipinski definition) is 5. The van der Waals surface area contributed by atoms with Crippen LogP contribution in [-0.4, -0.2) is 52.4 Å². The molecule has 1 fully saturated rings. The van der Waals surface area contributed by atoms with Crippen LogP contribution in [0.1, 0.15) is 17.7 Å². The van der Waals surface area contributed by atoms with E-state index in [-0.39, 0.29) is 11.9 Å². The van der Waals surface area contributed by atoms with Crippen molar-refractivity contribution in [1.29, 1.82) is 0 Å². The smallest absolute Gasteiger partial charge is 0.246 e. The predicted octanol–water partition coefficient (Wildman–Crippen LogP) is 4.02. The van der Waals surface area contributed by atoms with Gasteiger partial charge in [0.05, 0.1) is 5.69 Å². The number of benzene rings is 1. The Bertz CT molecular complexity index is 1310. The highest BCUT2D eigenvalue weighted by molar-refractivity contribution is 7.10. The number of carbonyl (C=O) groups is 1. The van der Waals surface area contributed by atoms with Gasteiger partial charge in [-0.1, -0.05) is 35.9 Å². The number of piperidine rings is 1. The molecule has 1 aliphatic rings. The standard InChI is InChI=1S/C24H21BClN5OS/c25-19-15-27-31-22(14-21(29-24(19)31)18-5-1-2-6-20(18)26)28-16-9-11-30(12-10-16)23(32)8-7-17-4-3-13-33-17/h1-8,13-16,28H,9-12H2/b8-7+. The zero-order valence-electron chi connectivity index (χ0n) is 17.8. The van der Waals surface area contributed by atoms with Crippen LogP contribution in [0.2, 0.25) is 5.02 Å². The fourth-order valence-electron chi connectivity index (χ4n) is 3.99. The van der Waals surface area contributed by atoms with Crippen LogP contribution in [-0.2, 0) is 4.79 Å². The van der Waals surface area contributed by atoms with Crippen molar-refractivity contribution >= 4 is 59.7 Å². The van der Waals surface area contributed by atoms with E-state index in [1.807, 2.05) is 58.8 Å². The summed E-state index contributed by atoms with van der Waals surface area (Å²) in [5.74, 6) is 0.850. The third-order valence-electron chi connectivity index (χ3n) is 5.74. The normalized spacial score (nSPS) is 14.9. The first kappa shape index (κ1) is 21.7. The lowest BCUT2D eigenvalue weighted by molar-refractivity contribution is -0.126. The Morgan fingerprint density at radius 1 is 1.21 bits per heavy atom. The van der Waals surface area contributed by atoms with E-state index < -0.39 is 0 Å². The van der Waals surface area contributed by atoms with Crippen molar-refractivity contribution in [2.24, 2.45) is 0 Å². The van der Waals surface area contributed by atoms with Crippen LogP contribution in [0.4, 0.5) is 5.82 Å². The molecule has 1 aliphatic heterocycles. The third-order valence-corrected chi connectivity index (χ3v) is 6.91. The Kier molecular flexibility index (Phi) is 6.20. The highest BCUT2D eigenvalue weighted by Gasteiger charge is 2.23. The number of hydrogen-bond donors (Lipinski definition) is 1. The van der Waals surface area contributed by atoms with Gasteiger partial charge >= 0.3 is 0 Å². The van der Waals surface area contributed by atoms with Crippen molar-refractivity contribution in [2.75, 3.05) is 18.4 Å². The molecule has 0 unspecified atom stereocenters. The molecule has 1 N–H and O–H groups in total. The van der Waals surface area contributed by atoms with E-state index in [1.54, 1.807) is 28.1 Å². The van der Waals surface area contributed by atoms with Gasteiger partial charge < -0.3 is 10.2 Å². The molecule has 2 radical (unpaired) electrons. The monoisotopic (exact) mass is 473 g/mol. The first-order valence-electron chi connectivity index (χ1n) is 10.7. The fraction of sp³-hybridized carbons (Fsp3) is 0.208. The van der Waals surface area contributed by atoms with E-state index in [4.69, 9.17) is 19.4 Å². The molecule has 5 rings (SSSR count). The van der Waals surface area contributed by atoms with Crippen LogP contribution in [0.5, 0.6) is 0 Å². The number of thiophene rings is 1. The van der Waals surface area contributed by atoms with Gasteiger partial charge in [0.1, 0.15) is 13.7 Å². The zero-order chi connectivity index (χ0) is 22.8. The fourth-order valence-corrected chi connectivity index (χ4v) is 4.84. The average molecular weight is 474 g/mol. The number of fused-ring (bicyclic) bond motifs is 1. The largest absolute Gasteiger partial charge is 0.367 e. The number of anilines is 1. The van der Waals surface area contributed by atoms with E-state index in [2.05, 4.69) is 15.4 Å². The van der Waals surface area contributed by atoms with Crippen molar-refractivity contribution in [3.8, 4) is 11.3 Å². The highest BCUT2D eigenvalue weighted by Crippen LogP contribution is 2.29. The molecule has 6 nitrogen and oxygen atoms in total. The summed E-state index contributed by atoms with van der Waals surface area (Å²) in [6.45, 7) is 1.39. The van der Waals surface area contributed by atoms with Gasteiger partial charge in [-0.2, -0.15) is 9.61 Å². The van der Waals surface area contributed by atoms with Crippen LogP contribution in [0, 0.1) is 0 Å². The molecule has 0 bridgehead atoms. The van der Waals surface area contributed by atoms with Gasteiger partial charge in [-0.3, -0.25) is 4.79 Å². The molecule has 0 aliphatic carbocycles. The molecule has 9 heteroatoms. The SMILES string of the molecule is [B]c1cnn2c(NC3CCN(C(=O)/C=C/c4cccs4)CC3)cc(-c3ccccc3Cl)nc12. The number of carbonyl (C=O) groups excluding carboxylic acids is 1. The van der Waals surface area contributed by atoms with Crippen LogP contribution in [0.15, 0.2) is 60.1 Å². The maximum Gasteiger partial charge on any atom is 0.246 e. The molecular formula is C24H21BClN5OS. The molecule has 1 aromatic carbocycles. The molecule has 3 aromatic heterocycles. The molecule has 0 spiro atoms. The van der Waals surface area contributed by atoms with E-state index in [1.165, 1.54) is 0 Å². The number of nitrogens with one attached hydrogen (secondary N) is 1. The van der Waals surface area contributed by atoms with Crippen molar-refractivity contribution in [3.05, 3.63) is 70.0 Å². The second-order valence-corrected chi connectivity index (χ2v) is 9.32. The van der Waals surface area contributed by atoms with E-state index in [9.17, 15) is 4.79 Å². The van der Waals surface area contributed by atoms with Gasteiger partial charge in [0, 0.05) is 52.9 Å². The van der Waals surface area contributed by atoms with Crippen molar-refractivity contribution in [2.45, 2.75) is 18.9 Å². The maximum absolute atomic E-state index is 12.5. The molecule has 0 atom stereocenters. The topological polar surface area (TPSA) is 62.5 Å². The minimum Gasteiger partial charge on any atom is -0.367 e. The predicted molar refractivity (Wildman–Crippen MR) is 135 cm³/mol. The molecule has 1 amide bonds. The molecule has 164 valence electrons. The van der Waals surface area contributed by atoms with Crippen molar-refractivity contribution in [3.63, 3.8) is 0 Å². The molecular weight excluding hydrogens is 453 g/mol. The second kappa shape index (κ2) is 9.41. The summed E-state index contributed by atoms with van der Waals surface area (Å²) < 4.78 is 1.72. The first-order valence-corrected chi connectivity index (χ1v) is 12.0. The lowest BCUT2D eigenvalue weighted by Crippen LogP contribution is -2.42. The summed E-state index contributed by atoms with van der Waals surface area (Å²) in [5, 5.41) is 10.6. The second-order valence-electron chi connectivity index (χ2n) is 7.93. The minimum absolute atomic E-state index is 0.0500. The summed E-state index contributed by atoms with van der Waals surface area (Å²) >= 11 is 8.03. The Hall–Kier alpha value is -3.10. The molecule has 4 aromatic rings. The number of rotatable bonds is 5. The number of aromatic nitrogens is 3. The van der Waals surface area contributed by atoms with Gasteiger partial charge in [0.15, 0.2) is 5.65 Å². The number of halogens is 1. The average Bonchev–Trinajstić information content (AvgIpc) is 3.48. The van der Waals surface area contributed by atoms with E-state index >= 15 is 0 Å². The first-order chi connectivity index (χ1) is 16.1. The minimum atomic E-state index is 0.0500. The zero-order valence-corrected chi connectivity index (χ0v) is 19.4. The molecule has 1 saturated heterocycles. The molecule has 0 saturated carbocycles. The molecule has 33 heavy (non-hydrogen) atoms. The summed E-state index contributed by atoms with van der Waals surface area (Å²) in [5.41, 5.74) is 2.66. The summed E-state index contributed by atoms with van der Waals surface area (Å²) in [4.78, 5) is 20.2. The summed E-state index contributed by atoms with van der Waals surface area (Å²) in [7, 11) is 6.12. The Morgan fingerprint density at radius 2 is 2.03 bits per heavy atom. The number of amides is 1. The third kappa shape index (κ3) is 4.67. The number of likely N-dealkylation sites (tertiary alicyclic amines) is 1. The van der Waals surface area contributed by atoms with Crippen LogP contribution in [0.3, 0.4) is 0 Å². The van der Waals surface area contributed by atoms with Crippen LogP contribution in [0.25, 0.3) is 23.0 Å². The van der Waals surface area contributed by atoms with Crippen molar-refractivity contribution in [1.82, 2.24) is 19.5 Å². The Morgan fingerprint density at radius 3 is 2.79 bits per heavy atom. The Balaban J connectivity index is 1.32. The summed E-state index contributed by atoms with van der Waals surface area (Å²) in [6.07, 6.45) is 6.81. The lowest BCUT2D eigenvalue weighted by Gasteiger charge is -2.32.